The Hall–Kier alpha value is -2.11. The number of fused-ring (bicyclic) bond motifs is 1. The summed E-state index contributed by atoms with van der Waals surface area (Å²) in [7, 11) is 1.45. The van der Waals surface area contributed by atoms with E-state index in [-0.39, 0.29) is 11.9 Å². The quantitative estimate of drug-likeness (QED) is 0.842. The molecule has 1 aliphatic heterocycles. The van der Waals surface area contributed by atoms with Gasteiger partial charge in [0, 0.05) is 19.3 Å². The highest BCUT2D eigenvalue weighted by molar-refractivity contribution is 5.87. The van der Waals surface area contributed by atoms with Crippen molar-refractivity contribution in [3.05, 3.63) is 18.6 Å². The van der Waals surface area contributed by atoms with Crippen molar-refractivity contribution in [3.63, 3.8) is 0 Å². The number of H-pyrrole nitrogens is 1. The van der Waals surface area contributed by atoms with Crippen LogP contribution in [0, 0.1) is 11.8 Å². The first-order chi connectivity index (χ1) is 9.70. The van der Waals surface area contributed by atoms with Gasteiger partial charge in [-0.2, -0.15) is 0 Å². The van der Waals surface area contributed by atoms with E-state index in [0.29, 0.717) is 12.5 Å². The average Bonchev–Trinajstić information content (AvgIpc) is 2.95. The maximum absolute atomic E-state index is 11.9. The molecule has 0 aliphatic carbocycles. The van der Waals surface area contributed by atoms with Gasteiger partial charge in [-0.25, -0.2) is 9.97 Å². The van der Waals surface area contributed by atoms with Crippen molar-refractivity contribution in [3.8, 4) is 0 Å². The van der Waals surface area contributed by atoms with Crippen molar-refractivity contribution in [2.45, 2.75) is 13.3 Å². The Morgan fingerprint density at radius 3 is 3.15 bits per heavy atom. The van der Waals surface area contributed by atoms with Crippen LogP contribution in [0.25, 0.3) is 11.0 Å². The van der Waals surface area contributed by atoms with Gasteiger partial charge >= 0.3 is 5.97 Å². The first-order valence-electron chi connectivity index (χ1n) is 6.81. The number of anilines is 1. The normalized spacial score (nSPS) is 23.0. The largest absolute Gasteiger partial charge is 0.469 e. The highest BCUT2D eigenvalue weighted by Crippen LogP contribution is 2.30. The van der Waals surface area contributed by atoms with E-state index in [1.54, 1.807) is 6.33 Å². The molecule has 1 aliphatic rings. The molecule has 20 heavy (non-hydrogen) atoms. The van der Waals surface area contributed by atoms with Crippen LogP contribution in [0.3, 0.4) is 0 Å². The highest BCUT2D eigenvalue weighted by atomic mass is 16.5. The Morgan fingerprint density at radius 1 is 1.50 bits per heavy atom. The highest BCUT2D eigenvalue weighted by Gasteiger charge is 2.33. The molecule has 0 saturated carbocycles. The maximum Gasteiger partial charge on any atom is 0.310 e. The summed E-state index contributed by atoms with van der Waals surface area (Å²) in [5.41, 5.74) is 0.822. The molecule has 1 saturated heterocycles. The Labute approximate surface area is 117 Å². The molecule has 1 N–H and O–H groups in total. The molecule has 0 spiro atoms. The van der Waals surface area contributed by atoms with Gasteiger partial charge in [-0.15, -0.1) is 0 Å². The number of piperidine rings is 1. The lowest BCUT2D eigenvalue weighted by molar-refractivity contribution is -0.147. The van der Waals surface area contributed by atoms with E-state index < -0.39 is 0 Å². The molecule has 0 bridgehead atoms. The monoisotopic (exact) mass is 274 g/mol. The average molecular weight is 274 g/mol. The van der Waals surface area contributed by atoms with Crippen molar-refractivity contribution < 1.29 is 9.53 Å². The standard InChI is InChI=1S/C14H18N4O2/c1-9-4-6-18(7-11(9)14(19)20-2)13-10-3-5-15-12(10)16-8-17-13/h3,5,8-9,11H,4,6-7H2,1-2H3,(H,15,16,17)/t9-,11-/m0/s1. The molecule has 1 fully saturated rings. The van der Waals surface area contributed by atoms with Gasteiger partial charge in [-0.1, -0.05) is 6.92 Å². The second-order valence-electron chi connectivity index (χ2n) is 5.28. The SMILES string of the molecule is COC(=O)[C@H]1CN(c2ncnc3[nH]ccc23)CC[C@@H]1C. The molecular weight excluding hydrogens is 256 g/mol. The maximum atomic E-state index is 11.9. The zero-order chi connectivity index (χ0) is 14.1. The number of aromatic nitrogens is 3. The topological polar surface area (TPSA) is 71.1 Å². The number of carbonyl (C=O) groups excluding carboxylic acids is 1. The Morgan fingerprint density at radius 2 is 2.35 bits per heavy atom. The third-order valence-electron chi connectivity index (χ3n) is 4.09. The second kappa shape index (κ2) is 5.11. The van der Waals surface area contributed by atoms with Gasteiger partial charge in [0.05, 0.1) is 18.4 Å². The minimum atomic E-state index is -0.137. The fourth-order valence-corrected chi connectivity index (χ4v) is 2.83. The van der Waals surface area contributed by atoms with Crippen LogP contribution in [0.15, 0.2) is 18.6 Å². The van der Waals surface area contributed by atoms with E-state index in [2.05, 4.69) is 26.8 Å². The fraction of sp³-hybridized carbons (Fsp3) is 0.500. The summed E-state index contributed by atoms with van der Waals surface area (Å²) in [5.74, 6) is 0.985. The third-order valence-corrected chi connectivity index (χ3v) is 4.09. The van der Waals surface area contributed by atoms with Crippen LogP contribution in [0.4, 0.5) is 5.82 Å². The van der Waals surface area contributed by atoms with Gasteiger partial charge in [-0.05, 0) is 18.4 Å². The molecule has 3 rings (SSSR count). The van der Waals surface area contributed by atoms with E-state index in [1.807, 2.05) is 12.3 Å². The molecule has 106 valence electrons. The van der Waals surface area contributed by atoms with Crippen molar-refractivity contribution in [1.29, 1.82) is 0 Å². The predicted molar refractivity (Wildman–Crippen MR) is 75.4 cm³/mol. The molecule has 0 amide bonds. The molecular formula is C14H18N4O2. The first kappa shape index (κ1) is 12.9. The van der Waals surface area contributed by atoms with Gasteiger partial charge in [0.2, 0.25) is 0 Å². The smallest absolute Gasteiger partial charge is 0.310 e. The van der Waals surface area contributed by atoms with Crippen LogP contribution < -0.4 is 4.90 Å². The minimum Gasteiger partial charge on any atom is -0.469 e. The number of rotatable bonds is 2. The van der Waals surface area contributed by atoms with Crippen LogP contribution in [0.1, 0.15) is 13.3 Å². The number of hydrogen-bond acceptors (Lipinski definition) is 5. The van der Waals surface area contributed by atoms with Gasteiger partial charge in [0.15, 0.2) is 0 Å². The van der Waals surface area contributed by atoms with E-state index in [4.69, 9.17) is 4.74 Å². The van der Waals surface area contributed by atoms with Gasteiger partial charge in [-0.3, -0.25) is 4.79 Å². The van der Waals surface area contributed by atoms with Crippen LogP contribution in [0.2, 0.25) is 0 Å². The molecule has 2 atom stereocenters. The van der Waals surface area contributed by atoms with Gasteiger partial charge in [0.1, 0.15) is 17.8 Å². The van der Waals surface area contributed by atoms with Crippen LogP contribution in [0.5, 0.6) is 0 Å². The lowest BCUT2D eigenvalue weighted by Crippen LogP contribution is -2.43. The zero-order valence-electron chi connectivity index (χ0n) is 11.7. The van der Waals surface area contributed by atoms with Gasteiger partial charge in [0.25, 0.3) is 0 Å². The molecule has 2 aromatic heterocycles. The summed E-state index contributed by atoms with van der Waals surface area (Å²) in [6, 6.07) is 1.97. The van der Waals surface area contributed by atoms with Crippen LogP contribution >= 0.6 is 0 Å². The molecule has 6 nitrogen and oxygen atoms in total. The molecule has 0 radical (unpaired) electrons. The van der Waals surface area contributed by atoms with E-state index >= 15 is 0 Å². The number of aromatic amines is 1. The summed E-state index contributed by atoms with van der Waals surface area (Å²) in [6.07, 6.45) is 4.36. The summed E-state index contributed by atoms with van der Waals surface area (Å²) in [5, 5.41) is 0.991. The summed E-state index contributed by atoms with van der Waals surface area (Å²) in [4.78, 5) is 25.7. The summed E-state index contributed by atoms with van der Waals surface area (Å²) < 4.78 is 4.91. The first-order valence-corrected chi connectivity index (χ1v) is 6.81. The summed E-state index contributed by atoms with van der Waals surface area (Å²) in [6.45, 7) is 3.64. The number of nitrogens with one attached hydrogen (secondary N) is 1. The van der Waals surface area contributed by atoms with E-state index in [0.717, 1.165) is 29.8 Å². The third kappa shape index (κ3) is 2.11. The van der Waals surface area contributed by atoms with E-state index in [9.17, 15) is 4.79 Å². The number of hydrogen-bond donors (Lipinski definition) is 1. The summed E-state index contributed by atoms with van der Waals surface area (Å²) >= 11 is 0. The minimum absolute atomic E-state index is 0.0993. The number of nitrogens with zero attached hydrogens (tertiary/aromatic N) is 3. The van der Waals surface area contributed by atoms with Crippen LogP contribution in [-0.4, -0.2) is 41.1 Å². The number of methoxy groups -OCH3 is 1. The Kier molecular flexibility index (Phi) is 3.30. The number of carbonyl (C=O) groups is 1. The molecule has 3 heterocycles. The zero-order valence-corrected chi connectivity index (χ0v) is 11.7. The van der Waals surface area contributed by atoms with E-state index in [1.165, 1.54) is 7.11 Å². The van der Waals surface area contributed by atoms with Crippen molar-refractivity contribution in [1.82, 2.24) is 15.0 Å². The lowest BCUT2D eigenvalue weighted by Gasteiger charge is -2.36. The fourth-order valence-electron chi connectivity index (χ4n) is 2.83. The molecule has 0 unspecified atom stereocenters. The Bertz CT molecular complexity index is 624. The van der Waals surface area contributed by atoms with Crippen molar-refractivity contribution in [2.75, 3.05) is 25.1 Å². The predicted octanol–water partition coefficient (Wildman–Crippen LogP) is 1.59. The molecule has 0 aromatic carbocycles. The van der Waals surface area contributed by atoms with Crippen LogP contribution in [-0.2, 0) is 9.53 Å². The number of ether oxygens (including phenoxy) is 1. The molecule has 6 heteroatoms. The molecule has 2 aromatic rings. The Balaban J connectivity index is 1.91. The second-order valence-corrected chi connectivity index (χ2v) is 5.28. The van der Waals surface area contributed by atoms with Crippen molar-refractivity contribution >= 4 is 22.8 Å². The number of esters is 1. The lowest BCUT2D eigenvalue weighted by atomic mass is 9.87. The van der Waals surface area contributed by atoms with Gasteiger partial charge < -0.3 is 14.6 Å². The van der Waals surface area contributed by atoms with Crippen molar-refractivity contribution in [2.24, 2.45) is 11.8 Å².